The summed E-state index contributed by atoms with van der Waals surface area (Å²) in [4.78, 5) is 0.287. The van der Waals surface area contributed by atoms with Gasteiger partial charge in [-0.15, -0.1) is 0 Å². The highest BCUT2D eigenvalue weighted by Gasteiger charge is 2.28. The van der Waals surface area contributed by atoms with Crippen molar-refractivity contribution in [3.05, 3.63) is 24.3 Å². The van der Waals surface area contributed by atoms with Crippen molar-refractivity contribution in [3.8, 4) is 0 Å². The second kappa shape index (κ2) is 10.9. The topological polar surface area (TPSA) is 104 Å². The molecule has 2 rings (SSSR count). The molecule has 1 fully saturated rings. The molecule has 0 atom stereocenters. The van der Waals surface area contributed by atoms with E-state index in [1.54, 1.807) is 39.0 Å². The van der Waals surface area contributed by atoms with Gasteiger partial charge in [-0.1, -0.05) is 31.7 Å². The lowest BCUT2D eigenvalue weighted by molar-refractivity contribution is 0.412. The molecule has 9 heteroatoms. The summed E-state index contributed by atoms with van der Waals surface area (Å²) in [5.41, 5.74) is 0.773. The Kier molecular flexibility index (Phi) is 9.14. The van der Waals surface area contributed by atoms with Gasteiger partial charge in [-0.2, -0.15) is 0 Å². The van der Waals surface area contributed by atoms with Crippen LogP contribution in [0.4, 0.5) is 5.69 Å². The Bertz CT molecular complexity index is 872. The molecule has 0 heterocycles. The van der Waals surface area contributed by atoms with Crippen LogP contribution in [-0.2, 0) is 20.0 Å². The van der Waals surface area contributed by atoms with Gasteiger partial charge in [-0.3, -0.25) is 0 Å². The Morgan fingerprint density at radius 1 is 0.933 bits per heavy atom. The molecule has 0 radical (unpaired) electrons. The number of hydrogen-bond acceptors (Lipinski definition) is 5. The lowest BCUT2D eigenvalue weighted by Gasteiger charge is -2.22. The highest BCUT2D eigenvalue weighted by molar-refractivity contribution is 7.90. The molecule has 3 N–H and O–H groups in total. The normalized spacial score (nSPS) is 16.5. The zero-order valence-electron chi connectivity index (χ0n) is 18.4. The molecule has 0 bridgehead atoms. The molecule has 0 spiro atoms. The van der Waals surface area contributed by atoms with Gasteiger partial charge in [0.05, 0.1) is 9.64 Å². The molecule has 1 saturated carbocycles. The van der Waals surface area contributed by atoms with E-state index in [2.05, 4.69) is 14.8 Å². The molecular weight excluding hydrogens is 422 g/mol. The van der Waals surface area contributed by atoms with Gasteiger partial charge in [0.2, 0.25) is 20.0 Å². The van der Waals surface area contributed by atoms with Gasteiger partial charge in [0, 0.05) is 24.8 Å². The van der Waals surface area contributed by atoms with E-state index in [9.17, 15) is 16.8 Å². The molecule has 1 aromatic carbocycles. The molecule has 0 saturated heterocycles. The molecule has 1 aliphatic rings. The van der Waals surface area contributed by atoms with Crippen molar-refractivity contribution in [2.24, 2.45) is 0 Å². The number of sulfonamides is 2. The van der Waals surface area contributed by atoms with Gasteiger partial charge < -0.3 is 5.32 Å². The van der Waals surface area contributed by atoms with Gasteiger partial charge in [0.1, 0.15) is 0 Å². The van der Waals surface area contributed by atoms with Gasteiger partial charge in [0.15, 0.2) is 0 Å². The van der Waals surface area contributed by atoms with Crippen LogP contribution in [0.15, 0.2) is 29.2 Å². The molecule has 172 valence electrons. The maximum absolute atomic E-state index is 12.7. The standard InChI is InChI=1S/C21H37N3O4S2/c1-21(2,3)30(27,28)23-16-9-5-8-15-22-19-13-10-14-20(17-19)29(25,26)24-18-11-6-4-7-12-18/h10,13-14,17-18,22-24H,4-9,11-12,15-16H2,1-3H3. The average molecular weight is 460 g/mol. The smallest absolute Gasteiger partial charge is 0.240 e. The zero-order chi connectivity index (χ0) is 22.3. The summed E-state index contributed by atoms with van der Waals surface area (Å²) in [6.07, 6.45) is 7.65. The molecule has 0 aromatic heterocycles. The Morgan fingerprint density at radius 2 is 1.60 bits per heavy atom. The van der Waals surface area contributed by atoms with Crippen molar-refractivity contribution in [2.45, 2.75) is 87.8 Å². The molecular formula is C21H37N3O4S2. The Morgan fingerprint density at radius 3 is 2.27 bits per heavy atom. The molecule has 0 amide bonds. The summed E-state index contributed by atoms with van der Waals surface area (Å²) in [6.45, 7) is 6.17. The van der Waals surface area contributed by atoms with Crippen molar-refractivity contribution in [1.29, 1.82) is 0 Å². The van der Waals surface area contributed by atoms with E-state index in [0.717, 1.165) is 50.6 Å². The number of nitrogens with one attached hydrogen (secondary N) is 3. The van der Waals surface area contributed by atoms with Crippen LogP contribution in [0.1, 0.15) is 72.1 Å². The third-order valence-corrected chi connectivity index (χ3v) is 9.07. The van der Waals surface area contributed by atoms with Crippen LogP contribution >= 0.6 is 0 Å². The van der Waals surface area contributed by atoms with E-state index in [0.29, 0.717) is 13.1 Å². The zero-order valence-corrected chi connectivity index (χ0v) is 20.0. The predicted octanol–water partition coefficient (Wildman–Crippen LogP) is 3.60. The van der Waals surface area contributed by atoms with Crippen LogP contribution in [0.5, 0.6) is 0 Å². The number of unbranched alkanes of at least 4 members (excludes halogenated alkanes) is 2. The van der Waals surface area contributed by atoms with Crippen LogP contribution in [0.25, 0.3) is 0 Å². The summed E-state index contributed by atoms with van der Waals surface area (Å²) in [7, 11) is -6.80. The molecule has 1 aliphatic carbocycles. The largest absolute Gasteiger partial charge is 0.385 e. The Labute approximate surface area is 182 Å². The number of rotatable bonds is 11. The summed E-state index contributed by atoms with van der Waals surface area (Å²) in [5, 5.41) is 3.26. The van der Waals surface area contributed by atoms with Crippen molar-refractivity contribution >= 4 is 25.7 Å². The summed E-state index contributed by atoms with van der Waals surface area (Å²) in [5.74, 6) is 0. The maximum Gasteiger partial charge on any atom is 0.240 e. The number of hydrogen-bond donors (Lipinski definition) is 3. The molecule has 7 nitrogen and oxygen atoms in total. The van der Waals surface area contributed by atoms with E-state index >= 15 is 0 Å². The third kappa shape index (κ3) is 7.83. The van der Waals surface area contributed by atoms with Crippen LogP contribution in [0.3, 0.4) is 0 Å². The highest BCUT2D eigenvalue weighted by Crippen LogP contribution is 2.21. The fourth-order valence-electron chi connectivity index (χ4n) is 3.36. The monoisotopic (exact) mass is 459 g/mol. The van der Waals surface area contributed by atoms with E-state index in [1.807, 2.05) is 6.07 Å². The quantitative estimate of drug-likeness (QED) is 0.439. The molecule has 1 aromatic rings. The van der Waals surface area contributed by atoms with Crippen LogP contribution in [-0.4, -0.2) is 40.7 Å². The Hall–Kier alpha value is -1.16. The first-order valence-corrected chi connectivity index (χ1v) is 13.8. The maximum atomic E-state index is 12.7. The summed E-state index contributed by atoms with van der Waals surface area (Å²) in [6, 6.07) is 6.94. The molecule has 0 unspecified atom stereocenters. The number of benzene rings is 1. The van der Waals surface area contributed by atoms with Crippen molar-refractivity contribution < 1.29 is 16.8 Å². The fourth-order valence-corrected chi connectivity index (χ4v) is 5.56. The van der Waals surface area contributed by atoms with Crippen molar-refractivity contribution in [3.63, 3.8) is 0 Å². The van der Waals surface area contributed by atoms with Crippen molar-refractivity contribution in [1.82, 2.24) is 9.44 Å². The summed E-state index contributed by atoms with van der Waals surface area (Å²) >= 11 is 0. The second-order valence-corrected chi connectivity index (χ2v) is 13.2. The average Bonchev–Trinajstić information content (AvgIpc) is 2.67. The van der Waals surface area contributed by atoms with Gasteiger partial charge in [-0.05, 0) is 64.7 Å². The minimum absolute atomic E-state index is 0.0380. The first-order chi connectivity index (χ1) is 14.0. The lowest BCUT2D eigenvalue weighted by Crippen LogP contribution is -2.39. The Balaban J connectivity index is 1.74. The molecule has 0 aliphatic heterocycles. The first-order valence-electron chi connectivity index (χ1n) is 10.9. The third-order valence-electron chi connectivity index (χ3n) is 5.35. The van der Waals surface area contributed by atoms with E-state index in [-0.39, 0.29) is 10.9 Å². The fraction of sp³-hybridized carbons (Fsp3) is 0.714. The van der Waals surface area contributed by atoms with Crippen LogP contribution in [0, 0.1) is 0 Å². The van der Waals surface area contributed by atoms with Crippen LogP contribution < -0.4 is 14.8 Å². The van der Waals surface area contributed by atoms with Gasteiger partial charge >= 0.3 is 0 Å². The SMILES string of the molecule is CC(C)(C)S(=O)(=O)NCCCCCNc1cccc(S(=O)(=O)NC2CCCCC2)c1. The van der Waals surface area contributed by atoms with E-state index < -0.39 is 24.8 Å². The first kappa shape index (κ1) is 25.1. The minimum Gasteiger partial charge on any atom is -0.385 e. The lowest BCUT2D eigenvalue weighted by atomic mass is 9.96. The van der Waals surface area contributed by atoms with E-state index in [1.165, 1.54) is 6.42 Å². The van der Waals surface area contributed by atoms with E-state index in [4.69, 9.17) is 0 Å². The molecule has 30 heavy (non-hydrogen) atoms. The van der Waals surface area contributed by atoms with Gasteiger partial charge in [0.25, 0.3) is 0 Å². The predicted molar refractivity (Wildman–Crippen MR) is 123 cm³/mol. The minimum atomic E-state index is -3.51. The second-order valence-electron chi connectivity index (χ2n) is 8.98. The summed E-state index contributed by atoms with van der Waals surface area (Å²) < 4.78 is 54.0. The highest BCUT2D eigenvalue weighted by atomic mass is 32.2. The number of anilines is 1. The van der Waals surface area contributed by atoms with Crippen molar-refractivity contribution in [2.75, 3.05) is 18.4 Å². The van der Waals surface area contributed by atoms with Gasteiger partial charge in [-0.25, -0.2) is 26.3 Å². The van der Waals surface area contributed by atoms with Crippen LogP contribution in [0.2, 0.25) is 0 Å².